The SMILES string of the molecule is Cc1cc(F)c(Br)cc1NCc1ncnn1CC(C)C. The number of aryl methyl sites for hydroxylation is 1. The molecule has 0 aliphatic heterocycles. The number of benzene rings is 1. The largest absolute Gasteiger partial charge is 0.378 e. The predicted molar refractivity (Wildman–Crippen MR) is 81.0 cm³/mol. The molecular formula is C14H18BrFN4. The first-order chi connectivity index (χ1) is 9.47. The molecule has 1 N–H and O–H groups in total. The van der Waals surface area contributed by atoms with Crippen molar-refractivity contribution in [1.29, 1.82) is 0 Å². The molecule has 4 nitrogen and oxygen atoms in total. The summed E-state index contributed by atoms with van der Waals surface area (Å²) in [5.41, 5.74) is 1.75. The molecule has 0 aliphatic rings. The normalized spacial score (nSPS) is 11.1. The van der Waals surface area contributed by atoms with E-state index in [1.807, 2.05) is 11.6 Å². The zero-order valence-electron chi connectivity index (χ0n) is 11.8. The Morgan fingerprint density at radius 2 is 2.15 bits per heavy atom. The molecule has 0 radical (unpaired) electrons. The smallest absolute Gasteiger partial charge is 0.146 e. The van der Waals surface area contributed by atoms with Gasteiger partial charge in [0.2, 0.25) is 0 Å². The van der Waals surface area contributed by atoms with Crippen LogP contribution in [0.4, 0.5) is 10.1 Å². The second-order valence-corrected chi connectivity index (χ2v) is 6.04. The molecule has 6 heteroatoms. The van der Waals surface area contributed by atoms with E-state index in [2.05, 4.69) is 45.2 Å². The minimum absolute atomic E-state index is 0.254. The number of hydrogen-bond donors (Lipinski definition) is 1. The fourth-order valence-electron chi connectivity index (χ4n) is 1.93. The molecule has 1 aromatic carbocycles. The quantitative estimate of drug-likeness (QED) is 0.901. The molecule has 0 atom stereocenters. The van der Waals surface area contributed by atoms with Gasteiger partial charge in [-0.25, -0.2) is 14.1 Å². The van der Waals surface area contributed by atoms with Crippen LogP contribution in [-0.4, -0.2) is 14.8 Å². The summed E-state index contributed by atoms with van der Waals surface area (Å²) >= 11 is 3.20. The summed E-state index contributed by atoms with van der Waals surface area (Å²) in [6.45, 7) is 7.55. The average Bonchev–Trinajstić information content (AvgIpc) is 2.79. The van der Waals surface area contributed by atoms with Crippen LogP contribution in [-0.2, 0) is 13.1 Å². The number of anilines is 1. The summed E-state index contributed by atoms with van der Waals surface area (Å²) in [6.07, 6.45) is 1.56. The average molecular weight is 341 g/mol. The number of hydrogen-bond acceptors (Lipinski definition) is 3. The van der Waals surface area contributed by atoms with Crippen molar-refractivity contribution >= 4 is 21.6 Å². The third kappa shape index (κ3) is 3.56. The molecule has 0 saturated heterocycles. The number of halogens is 2. The molecule has 2 aromatic rings. The molecule has 0 fully saturated rings. The second kappa shape index (κ2) is 6.35. The highest BCUT2D eigenvalue weighted by Crippen LogP contribution is 2.24. The Balaban J connectivity index is 2.09. The van der Waals surface area contributed by atoms with Gasteiger partial charge in [0.15, 0.2) is 0 Å². The molecule has 0 unspecified atom stereocenters. The van der Waals surface area contributed by atoms with Crippen LogP contribution >= 0.6 is 15.9 Å². The van der Waals surface area contributed by atoms with Crippen molar-refractivity contribution in [3.63, 3.8) is 0 Å². The van der Waals surface area contributed by atoms with Crippen LogP contribution in [0.1, 0.15) is 25.2 Å². The van der Waals surface area contributed by atoms with Crippen LogP contribution in [0.2, 0.25) is 0 Å². The maximum absolute atomic E-state index is 13.4. The zero-order valence-corrected chi connectivity index (χ0v) is 13.4. The Morgan fingerprint density at radius 1 is 1.40 bits per heavy atom. The maximum atomic E-state index is 13.4. The Kier molecular flexibility index (Phi) is 4.75. The minimum atomic E-state index is -0.254. The van der Waals surface area contributed by atoms with E-state index in [1.54, 1.807) is 12.4 Å². The van der Waals surface area contributed by atoms with Crippen LogP contribution in [0.5, 0.6) is 0 Å². The van der Waals surface area contributed by atoms with E-state index in [9.17, 15) is 4.39 Å². The monoisotopic (exact) mass is 340 g/mol. The molecule has 0 amide bonds. The molecule has 1 heterocycles. The van der Waals surface area contributed by atoms with Crippen LogP contribution in [0.3, 0.4) is 0 Å². The van der Waals surface area contributed by atoms with Crippen LogP contribution in [0.15, 0.2) is 22.9 Å². The first-order valence-electron chi connectivity index (χ1n) is 6.53. The molecule has 0 spiro atoms. The molecule has 108 valence electrons. The standard InChI is InChI=1S/C14H18BrFN4/c1-9(2)7-20-14(18-8-19-20)6-17-13-5-11(15)12(16)4-10(13)3/h4-5,8-9,17H,6-7H2,1-3H3. The van der Waals surface area contributed by atoms with Gasteiger partial charge in [-0.1, -0.05) is 13.8 Å². The van der Waals surface area contributed by atoms with Crippen molar-refractivity contribution in [3.05, 3.63) is 40.1 Å². The highest BCUT2D eigenvalue weighted by Gasteiger charge is 2.08. The van der Waals surface area contributed by atoms with E-state index >= 15 is 0 Å². The summed E-state index contributed by atoms with van der Waals surface area (Å²) in [5, 5.41) is 7.50. The lowest BCUT2D eigenvalue weighted by Gasteiger charge is -2.12. The second-order valence-electron chi connectivity index (χ2n) is 5.19. The van der Waals surface area contributed by atoms with Crippen molar-refractivity contribution in [2.45, 2.75) is 33.9 Å². The minimum Gasteiger partial charge on any atom is -0.378 e. The first kappa shape index (κ1) is 15.0. The van der Waals surface area contributed by atoms with Gasteiger partial charge < -0.3 is 5.32 Å². The van der Waals surface area contributed by atoms with Crippen molar-refractivity contribution < 1.29 is 4.39 Å². The summed E-state index contributed by atoms with van der Waals surface area (Å²) < 4.78 is 15.7. The van der Waals surface area contributed by atoms with Crippen LogP contribution in [0.25, 0.3) is 0 Å². The predicted octanol–water partition coefficient (Wildman–Crippen LogP) is 3.76. The van der Waals surface area contributed by atoms with Gasteiger partial charge in [0.1, 0.15) is 18.0 Å². The third-order valence-corrected chi connectivity index (χ3v) is 3.55. The topological polar surface area (TPSA) is 42.7 Å². The van der Waals surface area contributed by atoms with Gasteiger partial charge in [-0.2, -0.15) is 5.10 Å². The number of rotatable bonds is 5. The maximum Gasteiger partial charge on any atom is 0.146 e. The Labute approximate surface area is 126 Å². The van der Waals surface area contributed by atoms with Gasteiger partial charge in [0.05, 0.1) is 11.0 Å². The van der Waals surface area contributed by atoms with E-state index in [-0.39, 0.29) is 5.82 Å². The van der Waals surface area contributed by atoms with Crippen molar-refractivity contribution in [2.75, 3.05) is 5.32 Å². The fourth-order valence-corrected chi connectivity index (χ4v) is 2.28. The summed E-state index contributed by atoms with van der Waals surface area (Å²) in [5.74, 6) is 1.13. The van der Waals surface area contributed by atoms with Gasteiger partial charge in [0, 0.05) is 12.2 Å². The van der Waals surface area contributed by atoms with E-state index in [4.69, 9.17) is 0 Å². The number of nitrogens with one attached hydrogen (secondary N) is 1. The molecule has 20 heavy (non-hydrogen) atoms. The molecule has 0 saturated carbocycles. The number of nitrogens with zero attached hydrogens (tertiary/aromatic N) is 3. The van der Waals surface area contributed by atoms with Crippen molar-refractivity contribution in [1.82, 2.24) is 14.8 Å². The van der Waals surface area contributed by atoms with Crippen LogP contribution < -0.4 is 5.32 Å². The van der Waals surface area contributed by atoms with Crippen molar-refractivity contribution in [3.8, 4) is 0 Å². The zero-order chi connectivity index (χ0) is 14.7. The van der Waals surface area contributed by atoms with E-state index < -0.39 is 0 Å². The van der Waals surface area contributed by atoms with Gasteiger partial charge in [-0.3, -0.25) is 0 Å². The van der Waals surface area contributed by atoms with Gasteiger partial charge in [-0.15, -0.1) is 0 Å². The highest BCUT2D eigenvalue weighted by molar-refractivity contribution is 9.10. The number of aromatic nitrogens is 3. The molecule has 0 aliphatic carbocycles. The van der Waals surface area contributed by atoms with Gasteiger partial charge >= 0.3 is 0 Å². The lowest BCUT2D eigenvalue weighted by Crippen LogP contribution is -2.13. The van der Waals surface area contributed by atoms with E-state index in [0.717, 1.165) is 23.6 Å². The highest BCUT2D eigenvalue weighted by atomic mass is 79.9. The van der Waals surface area contributed by atoms with Gasteiger partial charge in [-0.05, 0) is 46.5 Å². The third-order valence-electron chi connectivity index (χ3n) is 2.94. The summed E-state index contributed by atoms with van der Waals surface area (Å²) in [7, 11) is 0. The molecule has 1 aromatic heterocycles. The molecular weight excluding hydrogens is 323 g/mol. The summed E-state index contributed by atoms with van der Waals surface area (Å²) in [4.78, 5) is 4.26. The van der Waals surface area contributed by atoms with Gasteiger partial charge in [0.25, 0.3) is 0 Å². The lowest BCUT2D eigenvalue weighted by atomic mass is 10.2. The van der Waals surface area contributed by atoms with Crippen LogP contribution in [0, 0.1) is 18.7 Å². The van der Waals surface area contributed by atoms with Crippen molar-refractivity contribution in [2.24, 2.45) is 5.92 Å². The van der Waals surface area contributed by atoms with E-state index in [1.165, 1.54) is 6.07 Å². The lowest BCUT2D eigenvalue weighted by molar-refractivity contribution is 0.468. The Hall–Kier alpha value is -1.43. The molecule has 2 rings (SSSR count). The molecule has 0 bridgehead atoms. The Bertz CT molecular complexity index is 595. The Morgan fingerprint density at radius 3 is 2.85 bits per heavy atom. The fraction of sp³-hybridized carbons (Fsp3) is 0.429. The first-order valence-corrected chi connectivity index (χ1v) is 7.33. The van der Waals surface area contributed by atoms with E-state index in [0.29, 0.717) is 16.9 Å². The summed E-state index contributed by atoms with van der Waals surface area (Å²) in [6, 6.07) is 3.25.